The first-order chi connectivity index (χ1) is 10.6. The average molecular weight is 295 g/mol. The lowest BCUT2D eigenvalue weighted by Crippen LogP contribution is -2.04. The van der Waals surface area contributed by atoms with Crippen LogP contribution in [0.15, 0.2) is 53.1 Å². The zero-order valence-corrected chi connectivity index (χ0v) is 12.5. The minimum atomic E-state index is -0.932. The van der Waals surface area contributed by atoms with Gasteiger partial charge in [0, 0.05) is 11.4 Å². The van der Waals surface area contributed by atoms with Crippen molar-refractivity contribution in [2.45, 2.75) is 20.3 Å². The van der Waals surface area contributed by atoms with Crippen molar-refractivity contribution >= 4 is 5.97 Å². The van der Waals surface area contributed by atoms with Gasteiger partial charge in [-0.15, -0.1) is 0 Å². The van der Waals surface area contributed by atoms with E-state index in [-0.39, 0.29) is 5.56 Å². The Labute approximate surface area is 128 Å². The van der Waals surface area contributed by atoms with Gasteiger partial charge in [-0.3, -0.25) is 0 Å². The Morgan fingerprint density at radius 2 is 2.00 bits per heavy atom. The summed E-state index contributed by atoms with van der Waals surface area (Å²) in [5.74, 6) is -0.278. The number of rotatable bonds is 4. The Kier molecular flexibility index (Phi) is 3.59. The lowest BCUT2D eigenvalue weighted by Gasteiger charge is -2.14. The molecule has 0 saturated heterocycles. The van der Waals surface area contributed by atoms with E-state index in [0.29, 0.717) is 11.5 Å². The minimum absolute atomic E-state index is 0.289. The van der Waals surface area contributed by atoms with Crippen LogP contribution < -0.4 is 0 Å². The van der Waals surface area contributed by atoms with E-state index in [9.17, 15) is 9.90 Å². The first kappa shape index (κ1) is 14.2. The first-order valence-corrected chi connectivity index (χ1v) is 7.21. The highest BCUT2D eigenvalue weighted by molar-refractivity contribution is 5.91. The van der Waals surface area contributed by atoms with E-state index < -0.39 is 5.97 Å². The third-order valence-electron chi connectivity index (χ3n) is 3.86. The molecule has 2 heterocycles. The van der Waals surface area contributed by atoms with E-state index in [2.05, 4.69) is 13.0 Å². The standard InChI is InChI=1S/C18H17NO3/c1-3-13-7-4-5-8-15(13)19-12(2)14(18(20)21)11-16(19)17-9-6-10-22-17/h4-11H,3H2,1-2H3,(H,20,21). The zero-order valence-electron chi connectivity index (χ0n) is 12.5. The molecule has 4 heteroatoms. The second-order valence-corrected chi connectivity index (χ2v) is 5.13. The lowest BCUT2D eigenvalue weighted by molar-refractivity contribution is 0.0696. The molecule has 2 aromatic heterocycles. The number of benzene rings is 1. The number of nitrogens with zero attached hydrogens (tertiary/aromatic N) is 1. The maximum absolute atomic E-state index is 11.5. The van der Waals surface area contributed by atoms with Gasteiger partial charge >= 0.3 is 5.97 Å². The third-order valence-corrected chi connectivity index (χ3v) is 3.86. The topological polar surface area (TPSA) is 55.4 Å². The number of carbonyl (C=O) groups is 1. The second-order valence-electron chi connectivity index (χ2n) is 5.13. The van der Waals surface area contributed by atoms with Gasteiger partial charge in [0.05, 0.1) is 17.5 Å². The molecule has 4 nitrogen and oxygen atoms in total. The van der Waals surface area contributed by atoms with Crippen molar-refractivity contribution in [2.24, 2.45) is 0 Å². The Morgan fingerprint density at radius 1 is 1.23 bits per heavy atom. The Hall–Kier alpha value is -2.75. The Morgan fingerprint density at radius 3 is 2.64 bits per heavy atom. The van der Waals surface area contributed by atoms with Crippen LogP contribution in [0.5, 0.6) is 0 Å². The van der Waals surface area contributed by atoms with E-state index in [1.54, 1.807) is 18.4 Å². The van der Waals surface area contributed by atoms with Crippen LogP contribution in [0.1, 0.15) is 28.5 Å². The fraction of sp³-hybridized carbons (Fsp3) is 0.167. The molecule has 0 radical (unpaired) electrons. The number of aromatic carboxylic acids is 1. The molecule has 0 spiro atoms. The third kappa shape index (κ3) is 2.22. The molecular weight excluding hydrogens is 278 g/mol. The summed E-state index contributed by atoms with van der Waals surface area (Å²) in [6.07, 6.45) is 2.46. The summed E-state index contributed by atoms with van der Waals surface area (Å²) in [6.45, 7) is 3.91. The summed E-state index contributed by atoms with van der Waals surface area (Å²) in [5, 5.41) is 9.43. The van der Waals surface area contributed by atoms with Crippen molar-refractivity contribution in [1.82, 2.24) is 4.57 Å². The van der Waals surface area contributed by atoms with Gasteiger partial charge in [0.1, 0.15) is 0 Å². The maximum Gasteiger partial charge on any atom is 0.337 e. The summed E-state index contributed by atoms with van der Waals surface area (Å²) in [7, 11) is 0. The summed E-state index contributed by atoms with van der Waals surface area (Å²) >= 11 is 0. The van der Waals surface area contributed by atoms with Gasteiger partial charge in [-0.05, 0) is 43.2 Å². The van der Waals surface area contributed by atoms with Crippen LogP contribution in [-0.2, 0) is 6.42 Å². The molecule has 0 bridgehead atoms. The molecule has 0 amide bonds. The van der Waals surface area contributed by atoms with Crippen molar-refractivity contribution in [3.8, 4) is 17.1 Å². The molecule has 22 heavy (non-hydrogen) atoms. The normalized spacial score (nSPS) is 10.8. The molecule has 3 rings (SSSR count). The molecule has 0 unspecified atom stereocenters. The van der Waals surface area contributed by atoms with Crippen LogP contribution in [-0.4, -0.2) is 15.6 Å². The minimum Gasteiger partial charge on any atom is -0.478 e. The van der Waals surface area contributed by atoms with Gasteiger partial charge in [-0.1, -0.05) is 25.1 Å². The molecule has 0 fully saturated rings. The van der Waals surface area contributed by atoms with Crippen molar-refractivity contribution < 1.29 is 14.3 Å². The van der Waals surface area contributed by atoms with Crippen molar-refractivity contribution in [3.63, 3.8) is 0 Å². The number of furan rings is 1. The van der Waals surface area contributed by atoms with Gasteiger partial charge in [-0.2, -0.15) is 0 Å². The van der Waals surface area contributed by atoms with E-state index >= 15 is 0 Å². The lowest BCUT2D eigenvalue weighted by atomic mass is 10.1. The van der Waals surface area contributed by atoms with Gasteiger partial charge in [0.2, 0.25) is 0 Å². The van der Waals surface area contributed by atoms with Crippen molar-refractivity contribution in [2.75, 3.05) is 0 Å². The summed E-state index contributed by atoms with van der Waals surface area (Å²) in [4.78, 5) is 11.5. The number of para-hydroxylation sites is 1. The predicted molar refractivity (Wildman–Crippen MR) is 84.5 cm³/mol. The summed E-state index contributed by atoms with van der Waals surface area (Å²) in [5.41, 5.74) is 3.88. The molecular formula is C18H17NO3. The molecule has 1 N–H and O–H groups in total. The Balaban J connectivity index is 2.32. The van der Waals surface area contributed by atoms with E-state index in [4.69, 9.17) is 4.42 Å². The highest BCUT2D eigenvalue weighted by atomic mass is 16.4. The molecule has 1 aromatic carbocycles. The van der Waals surface area contributed by atoms with Crippen LogP contribution in [0.2, 0.25) is 0 Å². The molecule has 0 saturated carbocycles. The van der Waals surface area contributed by atoms with E-state index in [1.165, 1.54) is 0 Å². The van der Waals surface area contributed by atoms with E-state index in [1.807, 2.05) is 35.8 Å². The fourth-order valence-corrected chi connectivity index (χ4v) is 2.77. The quantitative estimate of drug-likeness (QED) is 0.780. The van der Waals surface area contributed by atoms with E-state index in [0.717, 1.165) is 23.4 Å². The largest absolute Gasteiger partial charge is 0.478 e. The fourth-order valence-electron chi connectivity index (χ4n) is 2.77. The average Bonchev–Trinajstić information content (AvgIpc) is 3.14. The van der Waals surface area contributed by atoms with Crippen LogP contribution in [0.25, 0.3) is 17.1 Å². The van der Waals surface area contributed by atoms with Crippen molar-refractivity contribution in [3.05, 3.63) is 65.5 Å². The van der Waals surface area contributed by atoms with Crippen LogP contribution in [0, 0.1) is 6.92 Å². The SMILES string of the molecule is CCc1ccccc1-n1c(-c2ccco2)cc(C(=O)O)c1C. The van der Waals surface area contributed by atoms with Gasteiger partial charge in [-0.25, -0.2) is 4.79 Å². The van der Waals surface area contributed by atoms with Crippen LogP contribution in [0.4, 0.5) is 0 Å². The summed E-state index contributed by atoms with van der Waals surface area (Å²) in [6, 6.07) is 13.3. The monoisotopic (exact) mass is 295 g/mol. The maximum atomic E-state index is 11.5. The summed E-state index contributed by atoms with van der Waals surface area (Å²) < 4.78 is 7.45. The predicted octanol–water partition coefficient (Wildman–Crippen LogP) is 4.31. The highest BCUT2D eigenvalue weighted by Gasteiger charge is 2.21. The smallest absolute Gasteiger partial charge is 0.337 e. The first-order valence-electron chi connectivity index (χ1n) is 7.21. The van der Waals surface area contributed by atoms with Gasteiger partial charge in [0.15, 0.2) is 5.76 Å². The van der Waals surface area contributed by atoms with Gasteiger partial charge in [0.25, 0.3) is 0 Å². The molecule has 0 aliphatic carbocycles. The number of aryl methyl sites for hydroxylation is 1. The second kappa shape index (κ2) is 5.56. The van der Waals surface area contributed by atoms with Crippen molar-refractivity contribution in [1.29, 1.82) is 0 Å². The number of carboxylic acid groups (broad SMARTS) is 1. The highest BCUT2D eigenvalue weighted by Crippen LogP contribution is 2.31. The van der Waals surface area contributed by atoms with Gasteiger partial charge < -0.3 is 14.1 Å². The zero-order chi connectivity index (χ0) is 15.7. The number of hydrogen-bond acceptors (Lipinski definition) is 2. The molecule has 0 aliphatic rings. The molecule has 0 aliphatic heterocycles. The molecule has 112 valence electrons. The molecule has 3 aromatic rings. The number of aromatic nitrogens is 1. The Bertz CT molecular complexity index is 813. The molecule has 0 atom stereocenters. The number of hydrogen-bond donors (Lipinski definition) is 1. The van der Waals surface area contributed by atoms with Crippen LogP contribution in [0.3, 0.4) is 0 Å². The van der Waals surface area contributed by atoms with Crippen LogP contribution >= 0.6 is 0 Å². The number of carboxylic acids is 1.